The average Bonchev–Trinajstić information content (AvgIpc) is 2.77. The van der Waals surface area contributed by atoms with E-state index in [0.717, 1.165) is 16.9 Å². The molecule has 2 aromatic carbocycles. The minimum Gasteiger partial charge on any atom is -0.435 e. The molecule has 0 unspecified atom stereocenters. The minimum absolute atomic E-state index is 0.0737. The first-order chi connectivity index (χ1) is 14.5. The molecule has 1 N–H and O–H groups in total. The van der Waals surface area contributed by atoms with Crippen molar-refractivity contribution in [2.75, 3.05) is 11.9 Å². The second kappa shape index (κ2) is 10.2. The van der Waals surface area contributed by atoms with Crippen LogP contribution in [0.25, 0.3) is 6.08 Å². The molecule has 1 aromatic heterocycles. The summed E-state index contributed by atoms with van der Waals surface area (Å²) in [6.07, 6.45) is 6.49. The molecule has 0 spiro atoms. The highest BCUT2D eigenvalue weighted by Gasteiger charge is 2.05. The zero-order valence-corrected chi connectivity index (χ0v) is 16.3. The number of halogens is 2. The van der Waals surface area contributed by atoms with Gasteiger partial charge < -0.3 is 15.0 Å². The van der Waals surface area contributed by atoms with Gasteiger partial charge >= 0.3 is 6.61 Å². The monoisotopic (exact) mass is 409 g/mol. The molecule has 30 heavy (non-hydrogen) atoms. The van der Waals surface area contributed by atoms with Gasteiger partial charge in [-0.25, -0.2) is 0 Å². The maximum atomic E-state index is 12.1. The van der Waals surface area contributed by atoms with Crippen LogP contribution >= 0.6 is 0 Å². The molecule has 0 aliphatic rings. The average molecular weight is 409 g/mol. The Hall–Kier alpha value is -3.74. The lowest BCUT2D eigenvalue weighted by atomic mass is 10.2. The lowest BCUT2D eigenvalue weighted by molar-refractivity contribution is -0.116. The van der Waals surface area contributed by atoms with Gasteiger partial charge in [0.15, 0.2) is 0 Å². The normalized spacial score (nSPS) is 10.9. The molecule has 0 saturated heterocycles. The van der Waals surface area contributed by atoms with Gasteiger partial charge in [-0.05, 0) is 53.6 Å². The fourth-order valence-electron chi connectivity index (χ4n) is 2.73. The number of anilines is 2. The Balaban J connectivity index is 1.50. The maximum Gasteiger partial charge on any atom is 0.387 e. The molecule has 1 amide bonds. The number of aromatic nitrogens is 1. The Bertz CT molecular complexity index is 976. The zero-order chi connectivity index (χ0) is 21.3. The van der Waals surface area contributed by atoms with Crippen LogP contribution in [-0.4, -0.2) is 24.6 Å². The third-order valence-corrected chi connectivity index (χ3v) is 4.37. The van der Waals surface area contributed by atoms with Crippen molar-refractivity contribution in [1.82, 2.24) is 10.3 Å². The fourth-order valence-corrected chi connectivity index (χ4v) is 2.73. The third kappa shape index (κ3) is 6.13. The van der Waals surface area contributed by atoms with Gasteiger partial charge in [-0.2, -0.15) is 8.78 Å². The Morgan fingerprint density at radius 3 is 2.30 bits per heavy atom. The Kier molecular flexibility index (Phi) is 7.10. The summed E-state index contributed by atoms with van der Waals surface area (Å²) < 4.78 is 28.6. The van der Waals surface area contributed by atoms with Crippen molar-refractivity contribution >= 4 is 23.4 Å². The molecule has 5 nitrogen and oxygen atoms in total. The minimum atomic E-state index is -2.86. The second-order valence-electron chi connectivity index (χ2n) is 6.43. The predicted molar refractivity (Wildman–Crippen MR) is 113 cm³/mol. The molecule has 0 aliphatic carbocycles. The first-order valence-corrected chi connectivity index (χ1v) is 9.25. The van der Waals surface area contributed by atoms with Gasteiger partial charge in [0.25, 0.3) is 0 Å². The van der Waals surface area contributed by atoms with Crippen LogP contribution in [0.5, 0.6) is 5.75 Å². The number of benzene rings is 2. The molecule has 0 saturated carbocycles. The second-order valence-corrected chi connectivity index (χ2v) is 6.43. The van der Waals surface area contributed by atoms with Crippen LogP contribution in [0.3, 0.4) is 0 Å². The zero-order valence-electron chi connectivity index (χ0n) is 16.3. The molecular formula is C23H21F2N3O2. The van der Waals surface area contributed by atoms with Crippen LogP contribution in [-0.2, 0) is 11.3 Å². The third-order valence-electron chi connectivity index (χ3n) is 4.37. The molecule has 0 aliphatic heterocycles. The first kappa shape index (κ1) is 21.0. The van der Waals surface area contributed by atoms with Gasteiger partial charge in [0.05, 0.1) is 0 Å². The fraction of sp³-hybridized carbons (Fsp3) is 0.130. The number of carbonyl (C=O) groups excluding carboxylic acids is 1. The number of nitrogens with zero attached hydrogens (tertiary/aromatic N) is 2. The lowest BCUT2D eigenvalue weighted by Crippen LogP contribution is -2.20. The van der Waals surface area contributed by atoms with Crippen molar-refractivity contribution in [3.05, 3.63) is 90.3 Å². The van der Waals surface area contributed by atoms with E-state index in [0.29, 0.717) is 12.1 Å². The number of rotatable bonds is 8. The standard InChI is InChI=1S/C23H21F2N3O2/c1-28(20-12-14-26-15-13-20)19-7-2-18(3-8-19)16-27-22(29)11-6-17-4-9-21(10-5-17)30-23(24)25/h2-15,23H,16H2,1H3,(H,27,29)/b11-6+. The maximum absolute atomic E-state index is 12.1. The highest BCUT2D eigenvalue weighted by atomic mass is 19.3. The predicted octanol–water partition coefficient (Wildman–Crippen LogP) is 4.78. The lowest BCUT2D eigenvalue weighted by Gasteiger charge is -2.19. The van der Waals surface area contributed by atoms with Crippen LogP contribution in [0.4, 0.5) is 20.2 Å². The van der Waals surface area contributed by atoms with E-state index in [9.17, 15) is 13.6 Å². The molecule has 0 bridgehead atoms. The molecule has 7 heteroatoms. The highest BCUT2D eigenvalue weighted by Crippen LogP contribution is 2.22. The van der Waals surface area contributed by atoms with Gasteiger partial charge in [0, 0.05) is 43.4 Å². The summed E-state index contributed by atoms with van der Waals surface area (Å²) in [6.45, 7) is -2.47. The Morgan fingerprint density at radius 2 is 1.67 bits per heavy atom. The van der Waals surface area contributed by atoms with Gasteiger partial charge in [-0.15, -0.1) is 0 Å². The molecule has 3 rings (SSSR count). The number of alkyl halides is 2. The molecule has 3 aromatic rings. The van der Waals surface area contributed by atoms with E-state index in [2.05, 4.69) is 15.0 Å². The van der Waals surface area contributed by atoms with E-state index < -0.39 is 6.61 Å². The number of amides is 1. The van der Waals surface area contributed by atoms with Crippen LogP contribution in [0.15, 0.2) is 79.1 Å². The number of ether oxygens (including phenoxy) is 1. The number of pyridine rings is 1. The number of hydrogen-bond acceptors (Lipinski definition) is 4. The molecule has 0 radical (unpaired) electrons. The molecular weight excluding hydrogens is 388 g/mol. The molecule has 154 valence electrons. The van der Waals surface area contributed by atoms with Crippen molar-refractivity contribution < 1.29 is 18.3 Å². The van der Waals surface area contributed by atoms with Crippen LogP contribution in [0.2, 0.25) is 0 Å². The van der Waals surface area contributed by atoms with Crippen molar-refractivity contribution in [3.63, 3.8) is 0 Å². The number of hydrogen-bond donors (Lipinski definition) is 1. The van der Waals surface area contributed by atoms with Gasteiger partial charge in [0.2, 0.25) is 5.91 Å². The summed E-state index contributed by atoms with van der Waals surface area (Å²) in [5, 5.41) is 2.82. The summed E-state index contributed by atoms with van der Waals surface area (Å²) in [7, 11) is 1.98. The summed E-state index contributed by atoms with van der Waals surface area (Å²) >= 11 is 0. The van der Waals surface area contributed by atoms with E-state index in [1.807, 2.05) is 48.3 Å². The van der Waals surface area contributed by atoms with Crippen LogP contribution in [0, 0.1) is 0 Å². The number of nitrogens with one attached hydrogen (secondary N) is 1. The SMILES string of the molecule is CN(c1ccncc1)c1ccc(CNC(=O)/C=C/c2ccc(OC(F)F)cc2)cc1. The van der Waals surface area contributed by atoms with E-state index in [-0.39, 0.29) is 11.7 Å². The summed E-state index contributed by atoms with van der Waals surface area (Å²) in [4.78, 5) is 18.1. The number of carbonyl (C=O) groups is 1. The van der Waals surface area contributed by atoms with Crippen molar-refractivity contribution in [1.29, 1.82) is 0 Å². The van der Waals surface area contributed by atoms with E-state index in [1.54, 1.807) is 30.6 Å². The van der Waals surface area contributed by atoms with Crippen LogP contribution in [0.1, 0.15) is 11.1 Å². The van der Waals surface area contributed by atoms with E-state index in [4.69, 9.17) is 0 Å². The van der Waals surface area contributed by atoms with Gasteiger partial charge in [-0.3, -0.25) is 9.78 Å². The molecule has 0 atom stereocenters. The molecule has 0 fully saturated rings. The van der Waals surface area contributed by atoms with Gasteiger partial charge in [0.1, 0.15) is 5.75 Å². The summed E-state index contributed by atoms with van der Waals surface area (Å²) in [5.41, 5.74) is 3.73. The largest absolute Gasteiger partial charge is 0.435 e. The first-order valence-electron chi connectivity index (χ1n) is 9.25. The van der Waals surface area contributed by atoms with Crippen molar-refractivity contribution in [2.45, 2.75) is 13.2 Å². The Labute approximate surface area is 173 Å². The van der Waals surface area contributed by atoms with E-state index in [1.165, 1.54) is 18.2 Å². The summed E-state index contributed by atoms with van der Waals surface area (Å²) in [6, 6.07) is 17.8. The topological polar surface area (TPSA) is 54.5 Å². The molecule has 1 heterocycles. The van der Waals surface area contributed by atoms with E-state index >= 15 is 0 Å². The van der Waals surface area contributed by atoms with Crippen molar-refractivity contribution in [3.8, 4) is 5.75 Å². The van der Waals surface area contributed by atoms with Crippen molar-refractivity contribution in [2.24, 2.45) is 0 Å². The van der Waals surface area contributed by atoms with Gasteiger partial charge in [-0.1, -0.05) is 24.3 Å². The summed E-state index contributed by atoms with van der Waals surface area (Å²) in [5.74, 6) is -0.175. The Morgan fingerprint density at radius 1 is 1.03 bits per heavy atom. The van der Waals surface area contributed by atoms with Crippen LogP contribution < -0.4 is 15.0 Å². The smallest absolute Gasteiger partial charge is 0.387 e. The quantitative estimate of drug-likeness (QED) is 0.544. The highest BCUT2D eigenvalue weighted by molar-refractivity contribution is 5.91.